The van der Waals surface area contributed by atoms with Crippen molar-refractivity contribution in [1.82, 2.24) is 9.88 Å². The van der Waals surface area contributed by atoms with E-state index in [1.165, 1.54) is 4.90 Å². The largest absolute Gasteiger partial charge is 0.424 e. The molecule has 0 saturated carbocycles. The van der Waals surface area contributed by atoms with Gasteiger partial charge in [0.25, 0.3) is 11.8 Å². The van der Waals surface area contributed by atoms with Crippen molar-refractivity contribution in [2.75, 3.05) is 6.54 Å². The summed E-state index contributed by atoms with van der Waals surface area (Å²) in [6.07, 6.45) is 1.96. The molecule has 0 aliphatic carbocycles. The number of ether oxygens (including phenoxy) is 1. The molecule has 2 heterocycles. The predicted octanol–water partition coefficient (Wildman–Crippen LogP) is 3.98. The van der Waals surface area contributed by atoms with Gasteiger partial charge in [0.1, 0.15) is 4.60 Å². The smallest absolute Gasteiger partial charge is 0.311 e. The summed E-state index contributed by atoms with van der Waals surface area (Å²) in [4.78, 5) is 42.8. The molecule has 140 valence electrons. The molecule has 6 nitrogen and oxygen atoms in total. The lowest BCUT2D eigenvalue weighted by Gasteiger charge is -2.27. The van der Waals surface area contributed by atoms with Gasteiger partial charge >= 0.3 is 5.97 Å². The Hall–Kier alpha value is -3.06. The summed E-state index contributed by atoms with van der Waals surface area (Å²) < 4.78 is 5.69. The van der Waals surface area contributed by atoms with E-state index < -0.39 is 5.97 Å². The van der Waals surface area contributed by atoms with E-state index in [2.05, 4.69) is 20.9 Å². The second kappa shape index (κ2) is 7.52. The normalized spacial score (nSPS) is 13.1. The van der Waals surface area contributed by atoms with Crippen LogP contribution in [-0.2, 0) is 4.79 Å². The van der Waals surface area contributed by atoms with Gasteiger partial charge in [-0.25, -0.2) is 4.98 Å². The first-order valence-corrected chi connectivity index (χ1v) is 9.54. The first-order valence-electron chi connectivity index (χ1n) is 8.75. The van der Waals surface area contributed by atoms with Crippen LogP contribution in [0.4, 0.5) is 0 Å². The van der Waals surface area contributed by atoms with E-state index >= 15 is 0 Å². The Morgan fingerprint density at radius 1 is 1.00 bits per heavy atom. The topological polar surface area (TPSA) is 76.6 Å². The van der Waals surface area contributed by atoms with Crippen molar-refractivity contribution in [3.63, 3.8) is 0 Å². The molecule has 2 amide bonds. The molecule has 0 radical (unpaired) electrons. The minimum Gasteiger partial charge on any atom is -0.424 e. The molecule has 1 aliphatic rings. The van der Waals surface area contributed by atoms with E-state index in [9.17, 15) is 14.4 Å². The van der Waals surface area contributed by atoms with Gasteiger partial charge in [0.05, 0.1) is 0 Å². The third-order valence-corrected chi connectivity index (χ3v) is 5.16. The van der Waals surface area contributed by atoms with Crippen molar-refractivity contribution in [2.45, 2.75) is 12.8 Å². The lowest BCUT2D eigenvalue weighted by molar-refractivity contribution is -0.134. The maximum atomic E-state index is 12.8. The first-order chi connectivity index (χ1) is 13.6. The van der Waals surface area contributed by atoms with E-state index in [0.29, 0.717) is 33.3 Å². The zero-order chi connectivity index (χ0) is 19.7. The number of benzene rings is 2. The van der Waals surface area contributed by atoms with Crippen LogP contribution in [0.3, 0.4) is 0 Å². The average molecular weight is 439 g/mol. The maximum absolute atomic E-state index is 12.8. The zero-order valence-corrected chi connectivity index (χ0v) is 16.3. The van der Waals surface area contributed by atoms with Gasteiger partial charge in [-0.2, -0.15) is 0 Å². The van der Waals surface area contributed by atoms with Crippen LogP contribution < -0.4 is 4.74 Å². The Labute approximate surface area is 169 Å². The van der Waals surface area contributed by atoms with Crippen molar-refractivity contribution >= 4 is 44.5 Å². The fourth-order valence-electron chi connectivity index (χ4n) is 3.29. The van der Waals surface area contributed by atoms with Gasteiger partial charge in [0.2, 0.25) is 0 Å². The number of esters is 1. The van der Waals surface area contributed by atoms with Gasteiger partial charge in [-0.1, -0.05) is 24.3 Å². The number of pyridine rings is 1. The summed E-state index contributed by atoms with van der Waals surface area (Å²) in [5.41, 5.74) is 1.02. The Bertz CT molecular complexity index is 1060. The SMILES string of the molecule is O=C(CCCN1C(=O)c2cccc3cccc(c23)C1=O)Oc1cccnc1Br. The maximum Gasteiger partial charge on any atom is 0.311 e. The number of hydrogen-bond donors (Lipinski definition) is 0. The Balaban J connectivity index is 1.45. The molecular formula is C21H15BrN2O4. The molecule has 0 atom stereocenters. The molecule has 0 unspecified atom stereocenters. The second-order valence-electron chi connectivity index (χ2n) is 6.34. The minimum atomic E-state index is -0.451. The number of aromatic nitrogens is 1. The average Bonchev–Trinajstić information content (AvgIpc) is 2.70. The Morgan fingerprint density at radius 2 is 1.68 bits per heavy atom. The number of amides is 2. The number of nitrogens with zero attached hydrogens (tertiary/aromatic N) is 2. The van der Waals surface area contributed by atoms with Crippen LogP contribution in [0.25, 0.3) is 10.8 Å². The Morgan fingerprint density at radius 3 is 2.32 bits per heavy atom. The van der Waals surface area contributed by atoms with Crippen LogP contribution in [0.5, 0.6) is 5.75 Å². The molecule has 0 bridgehead atoms. The van der Waals surface area contributed by atoms with Crippen molar-refractivity contribution in [3.05, 3.63) is 70.5 Å². The molecule has 1 aliphatic heterocycles. The molecular weight excluding hydrogens is 424 g/mol. The fraction of sp³-hybridized carbons (Fsp3) is 0.143. The molecule has 3 aromatic rings. The number of halogens is 1. The Kier molecular flexibility index (Phi) is 4.92. The molecule has 28 heavy (non-hydrogen) atoms. The van der Waals surface area contributed by atoms with E-state index in [1.54, 1.807) is 42.6 Å². The fourth-order valence-corrected chi connectivity index (χ4v) is 3.62. The van der Waals surface area contributed by atoms with Gasteiger partial charge < -0.3 is 4.74 Å². The molecule has 2 aromatic carbocycles. The summed E-state index contributed by atoms with van der Waals surface area (Å²) in [7, 11) is 0. The van der Waals surface area contributed by atoms with Crippen molar-refractivity contribution in [3.8, 4) is 5.75 Å². The van der Waals surface area contributed by atoms with Gasteiger partial charge in [0, 0.05) is 35.7 Å². The zero-order valence-electron chi connectivity index (χ0n) is 14.7. The monoisotopic (exact) mass is 438 g/mol. The van der Waals surface area contributed by atoms with Gasteiger partial charge in [-0.15, -0.1) is 0 Å². The third kappa shape index (κ3) is 3.29. The van der Waals surface area contributed by atoms with Crippen LogP contribution in [0, 0.1) is 0 Å². The summed E-state index contributed by atoms with van der Waals surface area (Å²) in [6, 6.07) is 14.1. The summed E-state index contributed by atoms with van der Waals surface area (Å²) in [6.45, 7) is 0.145. The van der Waals surface area contributed by atoms with Crippen LogP contribution in [0.2, 0.25) is 0 Å². The number of carbonyl (C=O) groups is 3. The number of imide groups is 1. The molecule has 0 saturated heterocycles. The lowest BCUT2D eigenvalue weighted by atomic mass is 9.94. The molecule has 0 N–H and O–H groups in total. The summed E-state index contributed by atoms with van der Waals surface area (Å²) in [5, 5.41) is 1.55. The quantitative estimate of drug-likeness (QED) is 0.342. The minimum absolute atomic E-state index is 0.0737. The van der Waals surface area contributed by atoms with Gasteiger partial charge in [0.15, 0.2) is 5.75 Å². The van der Waals surface area contributed by atoms with E-state index in [4.69, 9.17) is 4.74 Å². The highest BCUT2D eigenvalue weighted by atomic mass is 79.9. The number of hydrogen-bond acceptors (Lipinski definition) is 5. The molecule has 0 spiro atoms. The number of rotatable bonds is 5. The van der Waals surface area contributed by atoms with E-state index in [1.807, 2.05) is 12.1 Å². The highest BCUT2D eigenvalue weighted by Crippen LogP contribution is 2.30. The second-order valence-corrected chi connectivity index (χ2v) is 7.09. The number of carbonyl (C=O) groups excluding carboxylic acids is 3. The molecule has 4 rings (SSSR count). The van der Waals surface area contributed by atoms with Crippen molar-refractivity contribution in [1.29, 1.82) is 0 Å². The summed E-state index contributed by atoms with van der Waals surface area (Å²) >= 11 is 3.21. The van der Waals surface area contributed by atoms with Crippen LogP contribution in [0.15, 0.2) is 59.3 Å². The standard InChI is InChI=1S/C21H15BrN2O4/c22-19-16(9-3-11-23-19)28-17(25)10-4-12-24-20(26)14-7-1-5-13-6-2-8-15(18(13)14)21(24)27/h1-3,5-9,11H,4,10,12H2. The van der Waals surface area contributed by atoms with Crippen molar-refractivity contribution < 1.29 is 19.1 Å². The van der Waals surface area contributed by atoms with Gasteiger partial charge in [-0.05, 0) is 52.0 Å². The third-order valence-electron chi connectivity index (χ3n) is 4.57. The molecule has 1 aromatic heterocycles. The van der Waals surface area contributed by atoms with Crippen LogP contribution >= 0.6 is 15.9 Å². The van der Waals surface area contributed by atoms with Crippen LogP contribution in [0.1, 0.15) is 33.6 Å². The first kappa shape index (κ1) is 18.3. The predicted molar refractivity (Wildman–Crippen MR) is 106 cm³/mol. The molecule has 7 heteroatoms. The van der Waals surface area contributed by atoms with Crippen LogP contribution in [-0.4, -0.2) is 34.2 Å². The highest BCUT2D eigenvalue weighted by Gasteiger charge is 2.32. The highest BCUT2D eigenvalue weighted by molar-refractivity contribution is 9.10. The molecule has 0 fully saturated rings. The van der Waals surface area contributed by atoms with E-state index in [-0.39, 0.29) is 24.8 Å². The van der Waals surface area contributed by atoms with E-state index in [0.717, 1.165) is 5.39 Å². The lowest BCUT2D eigenvalue weighted by Crippen LogP contribution is -2.41. The van der Waals surface area contributed by atoms with Gasteiger partial charge in [-0.3, -0.25) is 19.3 Å². The van der Waals surface area contributed by atoms with Crippen molar-refractivity contribution in [2.24, 2.45) is 0 Å². The summed E-state index contributed by atoms with van der Waals surface area (Å²) in [5.74, 6) is -0.790.